The summed E-state index contributed by atoms with van der Waals surface area (Å²) in [7, 11) is 1.73. The highest BCUT2D eigenvalue weighted by atomic mass is 16.7. The van der Waals surface area contributed by atoms with E-state index in [-0.39, 0.29) is 53.2 Å². The Balaban J connectivity index is 0.906. The fourth-order valence-corrected chi connectivity index (χ4v) is 14.0. The zero-order valence-electron chi connectivity index (χ0n) is 37.8. The van der Waals surface area contributed by atoms with Crippen molar-refractivity contribution in [2.75, 3.05) is 26.9 Å². The van der Waals surface area contributed by atoms with Crippen molar-refractivity contribution in [1.82, 2.24) is 0 Å². The fraction of sp³-hybridized carbons (Fsp3) is 0.913. The van der Waals surface area contributed by atoms with Gasteiger partial charge in [0.05, 0.1) is 50.2 Å². The molecule has 0 aromatic rings. The van der Waals surface area contributed by atoms with E-state index in [2.05, 4.69) is 19.1 Å². The normalized spacial score (nSPS) is 55.1. The highest BCUT2D eigenvalue weighted by molar-refractivity contribution is 5.28. The molecule has 0 bridgehead atoms. The molecule has 9 rings (SSSR count). The first-order valence-electron chi connectivity index (χ1n) is 23.7. The molecule has 1 spiro atoms. The van der Waals surface area contributed by atoms with Gasteiger partial charge < -0.3 is 93.7 Å². The first kappa shape index (κ1) is 48.7. The second-order valence-electron chi connectivity index (χ2n) is 20.9. The van der Waals surface area contributed by atoms with E-state index >= 15 is 0 Å². The number of fused-ring (bicyclic) bond motifs is 4. The van der Waals surface area contributed by atoms with Crippen LogP contribution in [0.3, 0.4) is 0 Å². The summed E-state index contributed by atoms with van der Waals surface area (Å²) in [5.41, 5.74) is 2.04. The summed E-state index contributed by atoms with van der Waals surface area (Å²) in [5.74, 6) is 0.871. The SMILES string of the molecule is COC1OC2C(C=C(C)C)C(O)OC3CC4C5CC=C6CC(OC7OC(CO)C(O)C(O)C7OCC7OC(CO)C(O)C(O)C7OC7OC(C)C(O)C(O)C7O)CCC6(C)C5CCC14C32. The van der Waals surface area contributed by atoms with Crippen LogP contribution >= 0.6 is 0 Å². The number of hydrogen-bond donors (Lipinski definition) is 10. The molecule has 19 heteroatoms. The van der Waals surface area contributed by atoms with Crippen LogP contribution in [0.4, 0.5) is 0 Å². The van der Waals surface area contributed by atoms with Gasteiger partial charge in [-0.1, -0.05) is 30.2 Å². The van der Waals surface area contributed by atoms with Crippen LogP contribution in [0.1, 0.15) is 72.6 Å². The van der Waals surface area contributed by atoms with Gasteiger partial charge in [-0.05, 0) is 88.9 Å². The van der Waals surface area contributed by atoms with Crippen LogP contribution in [-0.2, 0) is 42.6 Å². The molecule has 5 saturated heterocycles. The van der Waals surface area contributed by atoms with Crippen LogP contribution in [0.25, 0.3) is 0 Å². The number of allylic oxidation sites excluding steroid dienone is 2. The largest absolute Gasteiger partial charge is 0.394 e. The minimum Gasteiger partial charge on any atom is -0.394 e. The minimum absolute atomic E-state index is 0.118. The Morgan fingerprint density at radius 2 is 1.46 bits per heavy atom. The Bertz CT molecular complexity index is 1730. The molecule has 370 valence electrons. The van der Waals surface area contributed by atoms with E-state index in [4.69, 9.17) is 42.6 Å². The molecule has 10 N–H and O–H groups in total. The maximum Gasteiger partial charge on any atom is 0.187 e. The second-order valence-corrected chi connectivity index (χ2v) is 20.9. The molecule has 5 heterocycles. The van der Waals surface area contributed by atoms with E-state index in [1.54, 1.807) is 7.11 Å². The van der Waals surface area contributed by atoms with Gasteiger partial charge >= 0.3 is 0 Å². The lowest BCUT2D eigenvalue weighted by atomic mass is 9.47. The third kappa shape index (κ3) is 8.12. The van der Waals surface area contributed by atoms with Crippen molar-refractivity contribution in [1.29, 1.82) is 0 Å². The highest BCUT2D eigenvalue weighted by Gasteiger charge is 2.74. The predicted molar refractivity (Wildman–Crippen MR) is 222 cm³/mol. The van der Waals surface area contributed by atoms with Crippen LogP contribution in [0.5, 0.6) is 0 Å². The standard InChI is InChI=1S/C46H72O19/c1-18(2)12-23-38-30-26(62-41(23)56)14-25-22-7-6-20-13-21(8-10-45(20,4)24(22)9-11-46(25,30)44(57-5)65-38)60-43-40(36(54)33(51)28(16-48)63-43)58-17-29-39(35(53)32(50)27(15-47)61-29)64-42-37(55)34(52)31(49)19(3)59-42/h6,12,19,21-44,47-56H,7-11,13-17H2,1-5H3. The van der Waals surface area contributed by atoms with Crippen molar-refractivity contribution in [3.8, 4) is 0 Å². The Labute approximate surface area is 379 Å². The zero-order chi connectivity index (χ0) is 46.4. The van der Waals surface area contributed by atoms with Gasteiger partial charge in [-0.25, -0.2) is 0 Å². The molecule has 3 saturated carbocycles. The Kier molecular flexibility index (Phi) is 14.1. The Morgan fingerprint density at radius 3 is 2.15 bits per heavy atom. The first-order chi connectivity index (χ1) is 31.0. The van der Waals surface area contributed by atoms with Gasteiger partial charge in [0.1, 0.15) is 73.2 Å². The van der Waals surface area contributed by atoms with E-state index in [9.17, 15) is 51.1 Å². The topological polar surface area (TPSA) is 285 Å². The van der Waals surface area contributed by atoms with E-state index in [0.717, 1.165) is 37.7 Å². The summed E-state index contributed by atoms with van der Waals surface area (Å²) >= 11 is 0. The Morgan fingerprint density at radius 1 is 0.754 bits per heavy atom. The van der Waals surface area contributed by atoms with Gasteiger partial charge in [0.15, 0.2) is 25.2 Å². The molecule has 19 nitrogen and oxygen atoms in total. The molecule has 8 fully saturated rings. The smallest absolute Gasteiger partial charge is 0.187 e. The molecule has 27 atom stereocenters. The minimum atomic E-state index is -1.75. The van der Waals surface area contributed by atoms with Crippen LogP contribution in [0.2, 0.25) is 0 Å². The monoisotopic (exact) mass is 928 g/mol. The average molecular weight is 929 g/mol. The van der Waals surface area contributed by atoms with Gasteiger partial charge in [0, 0.05) is 18.4 Å². The quantitative estimate of drug-likeness (QED) is 0.108. The molecule has 9 aliphatic rings. The van der Waals surface area contributed by atoms with Gasteiger partial charge in [-0.15, -0.1) is 0 Å². The zero-order valence-corrected chi connectivity index (χ0v) is 37.8. The van der Waals surface area contributed by atoms with E-state index in [0.29, 0.717) is 24.7 Å². The molecule has 0 amide bonds. The molecule has 0 aromatic heterocycles. The van der Waals surface area contributed by atoms with Crippen LogP contribution in [0.15, 0.2) is 23.3 Å². The third-order valence-electron chi connectivity index (χ3n) is 17.2. The van der Waals surface area contributed by atoms with Gasteiger partial charge in [-0.2, -0.15) is 0 Å². The van der Waals surface area contributed by atoms with Crippen LogP contribution in [0, 0.1) is 40.4 Å². The van der Waals surface area contributed by atoms with Gasteiger partial charge in [-0.3, -0.25) is 0 Å². The summed E-state index contributed by atoms with van der Waals surface area (Å²) in [6.45, 7) is 6.08. The summed E-state index contributed by atoms with van der Waals surface area (Å²) in [4.78, 5) is 0. The van der Waals surface area contributed by atoms with Crippen molar-refractivity contribution in [2.24, 2.45) is 40.4 Å². The molecule has 27 unspecified atom stereocenters. The van der Waals surface area contributed by atoms with Gasteiger partial charge in [0.2, 0.25) is 0 Å². The number of aliphatic hydroxyl groups is 10. The maximum absolute atomic E-state index is 11.5. The number of methoxy groups -OCH3 is 1. The lowest BCUT2D eigenvalue weighted by Crippen LogP contribution is -2.65. The number of aliphatic hydroxyl groups excluding tert-OH is 10. The highest BCUT2D eigenvalue weighted by Crippen LogP contribution is 2.72. The van der Waals surface area contributed by atoms with Crippen molar-refractivity contribution in [3.63, 3.8) is 0 Å². The number of hydrogen-bond acceptors (Lipinski definition) is 19. The first-order valence-corrected chi connectivity index (χ1v) is 23.7. The van der Waals surface area contributed by atoms with Crippen molar-refractivity contribution >= 4 is 0 Å². The fourth-order valence-electron chi connectivity index (χ4n) is 14.0. The average Bonchev–Trinajstić information content (AvgIpc) is 3.79. The number of rotatable bonds is 11. The van der Waals surface area contributed by atoms with E-state index in [1.165, 1.54) is 12.5 Å². The predicted octanol–water partition coefficient (Wildman–Crippen LogP) is -1.27. The summed E-state index contributed by atoms with van der Waals surface area (Å²) in [6, 6.07) is 0. The number of ether oxygens (including phenoxy) is 9. The van der Waals surface area contributed by atoms with Crippen LogP contribution < -0.4 is 0 Å². The lowest BCUT2D eigenvalue weighted by molar-refractivity contribution is -0.348. The second kappa shape index (κ2) is 18.8. The summed E-state index contributed by atoms with van der Waals surface area (Å²) < 4.78 is 55.7. The summed E-state index contributed by atoms with van der Waals surface area (Å²) in [6.07, 6.45) is -13.8. The third-order valence-corrected chi connectivity index (χ3v) is 17.2. The molecular formula is C46H72O19. The lowest BCUT2D eigenvalue weighted by Gasteiger charge is -2.58. The molecule has 4 aliphatic carbocycles. The van der Waals surface area contributed by atoms with Crippen molar-refractivity contribution in [3.05, 3.63) is 23.3 Å². The molecule has 65 heavy (non-hydrogen) atoms. The molecule has 5 aliphatic heterocycles. The van der Waals surface area contributed by atoms with Crippen molar-refractivity contribution < 1.29 is 93.7 Å². The molecule has 0 radical (unpaired) electrons. The summed E-state index contributed by atoms with van der Waals surface area (Å²) in [5, 5.41) is 107. The Hall–Kier alpha value is -1.28. The molecule has 0 aromatic carbocycles. The van der Waals surface area contributed by atoms with E-state index < -0.39 is 118 Å². The van der Waals surface area contributed by atoms with Gasteiger partial charge in [0.25, 0.3) is 0 Å². The van der Waals surface area contributed by atoms with E-state index in [1.807, 2.05) is 13.8 Å². The van der Waals surface area contributed by atoms with Crippen molar-refractivity contribution in [2.45, 2.75) is 195 Å². The van der Waals surface area contributed by atoms with Crippen LogP contribution in [-0.4, -0.2) is 201 Å². The maximum atomic E-state index is 11.5. The molecular weight excluding hydrogens is 856 g/mol.